The van der Waals surface area contributed by atoms with Gasteiger partial charge in [-0.1, -0.05) is 0 Å². The standard InChI is InChI=1S/C4H10N4/c5-1-3-7-4(2-6)8(3)7/h3-4H,1-2,5-6H2. The van der Waals surface area contributed by atoms with Crippen LogP contribution in [0, 0.1) is 0 Å². The monoisotopic (exact) mass is 114 g/mol. The van der Waals surface area contributed by atoms with Crippen molar-refractivity contribution in [2.45, 2.75) is 12.3 Å². The van der Waals surface area contributed by atoms with Crippen LogP contribution in [0.1, 0.15) is 0 Å². The van der Waals surface area contributed by atoms with Gasteiger partial charge in [0.2, 0.25) is 0 Å². The van der Waals surface area contributed by atoms with Crippen molar-refractivity contribution >= 4 is 0 Å². The van der Waals surface area contributed by atoms with Crippen LogP contribution < -0.4 is 11.5 Å². The molecule has 0 spiro atoms. The number of hydrogen-bond donors (Lipinski definition) is 2. The van der Waals surface area contributed by atoms with Crippen molar-refractivity contribution in [2.75, 3.05) is 13.1 Å². The molecule has 4 nitrogen and oxygen atoms in total. The average molecular weight is 114 g/mol. The van der Waals surface area contributed by atoms with E-state index in [0.717, 1.165) is 13.1 Å². The van der Waals surface area contributed by atoms with E-state index in [0.29, 0.717) is 12.3 Å². The molecule has 2 saturated heterocycles. The lowest BCUT2D eigenvalue weighted by atomic mass is 10.4. The third-order valence-electron chi connectivity index (χ3n) is 1.80. The molecule has 46 valence electrons. The highest BCUT2D eigenvalue weighted by molar-refractivity contribution is 5.06. The van der Waals surface area contributed by atoms with Gasteiger partial charge in [-0.2, -0.15) is 10.0 Å². The zero-order valence-corrected chi connectivity index (χ0v) is 4.62. The molecule has 4 N–H and O–H groups in total. The van der Waals surface area contributed by atoms with Crippen LogP contribution in [0.25, 0.3) is 0 Å². The molecule has 0 amide bonds. The quantitative estimate of drug-likeness (QED) is 0.412. The van der Waals surface area contributed by atoms with Crippen LogP contribution in [-0.2, 0) is 0 Å². The van der Waals surface area contributed by atoms with Crippen LogP contribution in [0.4, 0.5) is 0 Å². The number of nitrogens with zero attached hydrogens (tertiary/aromatic N) is 2. The van der Waals surface area contributed by atoms with Gasteiger partial charge >= 0.3 is 0 Å². The van der Waals surface area contributed by atoms with E-state index in [1.54, 1.807) is 0 Å². The lowest BCUT2D eigenvalue weighted by Gasteiger charge is -2.01. The van der Waals surface area contributed by atoms with E-state index in [1.807, 2.05) is 0 Å². The van der Waals surface area contributed by atoms with Crippen LogP contribution in [0.15, 0.2) is 0 Å². The molecular weight excluding hydrogens is 104 g/mol. The van der Waals surface area contributed by atoms with Crippen LogP contribution in [0.2, 0.25) is 0 Å². The Morgan fingerprint density at radius 3 is 1.62 bits per heavy atom. The summed E-state index contributed by atoms with van der Waals surface area (Å²) in [5, 5.41) is 4.39. The minimum atomic E-state index is 0.545. The van der Waals surface area contributed by atoms with Crippen molar-refractivity contribution in [3.63, 3.8) is 0 Å². The van der Waals surface area contributed by atoms with E-state index in [4.69, 9.17) is 11.5 Å². The number of hydrazine groups is 1. The number of rotatable bonds is 2. The van der Waals surface area contributed by atoms with Crippen molar-refractivity contribution < 1.29 is 0 Å². The first-order valence-corrected chi connectivity index (χ1v) is 2.87. The summed E-state index contributed by atoms with van der Waals surface area (Å²) < 4.78 is 0. The number of fused-ring (bicyclic) bond motifs is 1. The lowest BCUT2D eigenvalue weighted by molar-refractivity contribution is 0.468. The van der Waals surface area contributed by atoms with E-state index >= 15 is 0 Å². The Morgan fingerprint density at radius 1 is 1.00 bits per heavy atom. The summed E-state index contributed by atoms with van der Waals surface area (Å²) in [6.45, 7) is 1.49. The van der Waals surface area contributed by atoms with Crippen molar-refractivity contribution in [3.05, 3.63) is 0 Å². The second kappa shape index (κ2) is 1.22. The van der Waals surface area contributed by atoms with Crippen LogP contribution in [-0.4, -0.2) is 35.4 Å². The molecule has 0 aromatic carbocycles. The second-order valence-electron chi connectivity index (χ2n) is 2.19. The summed E-state index contributed by atoms with van der Waals surface area (Å²) in [7, 11) is 0. The molecule has 0 saturated carbocycles. The highest BCUT2D eigenvalue weighted by atomic mass is 16.1. The molecule has 0 aromatic rings. The van der Waals surface area contributed by atoms with Crippen molar-refractivity contribution in [3.8, 4) is 0 Å². The molecule has 0 bridgehead atoms. The highest BCUT2D eigenvalue weighted by Crippen LogP contribution is 2.46. The molecule has 2 fully saturated rings. The third kappa shape index (κ3) is 0.348. The summed E-state index contributed by atoms with van der Waals surface area (Å²) in [5.41, 5.74) is 10.7. The number of hydrogen-bond acceptors (Lipinski definition) is 4. The van der Waals surface area contributed by atoms with Gasteiger partial charge in [0, 0.05) is 13.1 Å². The van der Waals surface area contributed by atoms with Crippen LogP contribution in [0.3, 0.4) is 0 Å². The second-order valence-corrected chi connectivity index (χ2v) is 2.19. The SMILES string of the molecule is NCC1N2C(CN)N12. The Bertz CT molecular complexity index is 92.6. The summed E-state index contributed by atoms with van der Waals surface area (Å²) in [6, 6.07) is 0. The van der Waals surface area contributed by atoms with Gasteiger partial charge in [-0.15, -0.1) is 0 Å². The first-order valence-electron chi connectivity index (χ1n) is 2.87. The largest absolute Gasteiger partial charge is 0.328 e. The van der Waals surface area contributed by atoms with Crippen molar-refractivity contribution in [1.82, 2.24) is 10.0 Å². The van der Waals surface area contributed by atoms with Gasteiger partial charge in [0.25, 0.3) is 0 Å². The molecule has 8 heavy (non-hydrogen) atoms. The zero-order valence-electron chi connectivity index (χ0n) is 4.62. The Kier molecular flexibility index (Phi) is 0.715. The van der Waals surface area contributed by atoms with Gasteiger partial charge in [0.1, 0.15) is 12.3 Å². The molecule has 4 heteroatoms. The highest BCUT2D eigenvalue weighted by Gasteiger charge is 2.68. The molecule has 0 aromatic heterocycles. The fraction of sp³-hybridized carbons (Fsp3) is 1.00. The lowest BCUT2D eigenvalue weighted by Crippen LogP contribution is -2.30. The van der Waals surface area contributed by atoms with E-state index in [2.05, 4.69) is 10.0 Å². The molecule has 0 aliphatic carbocycles. The van der Waals surface area contributed by atoms with E-state index in [-0.39, 0.29) is 0 Å². The van der Waals surface area contributed by atoms with E-state index < -0.39 is 0 Å². The zero-order chi connectivity index (χ0) is 5.72. The molecule has 0 radical (unpaired) electrons. The third-order valence-corrected chi connectivity index (χ3v) is 1.80. The van der Waals surface area contributed by atoms with Gasteiger partial charge in [0.15, 0.2) is 0 Å². The molecule has 2 aliphatic rings. The normalized spacial score (nSPS) is 57.8. The first-order chi connectivity index (χ1) is 3.90. The van der Waals surface area contributed by atoms with Crippen LogP contribution in [0.5, 0.6) is 0 Å². The van der Waals surface area contributed by atoms with Gasteiger partial charge < -0.3 is 11.5 Å². The molecule has 0 unspecified atom stereocenters. The average Bonchev–Trinajstić information content (AvgIpc) is 2.51. The fourth-order valence-electron chi connectivity index (χ4n) is 1.24. The molecule has 0 atom stereocenters. The predicted molar refractivity (Wildman–Crippen MR) is 29.4 cm³/mol. The van der Waals surface area contributed by atoms with E-state index in [1.165, 1.54) is 0 Å². The minimum absolute atomic E-state index is 0.545. The Balaban J connectivity index is 1.79. The predicted octanol–water partition coefficient (Wildman–Crippen LogP) is -1.90. The van der Waals surface area contributed by atoms with Gasteiger partial charge in [0.05, 0.1) is 0 Å². The Morgan fingerprint density at radius 2 is 1.38 bits per heavy atom. The Labute approximate surface area is 48.0 Å². The Hall–Kier alpha value is -0.160. The maximum Gasteiger partial charge on any atom is 0.105 e. The minimum Gasteiger partial charge on any atom is -0.328 e. The first kappa shape index (κ1) is 4.69. The van der Waals surface area contributed by atoms with Gasteiger partial charge in [-0.3, -0.25) is 0 Å². The molecular formula is C4H10N4. The molecule has 2 rings (SSSR count). The summed E-state index contributed by atoms with van der Waals surface area (Å²) in [4.78, 5) is 0. The summed E-state index contributed by atoms with van der Waals surface area (Å²) >= 11 is 0. The van der Waals surface area contributed by atoms with Crippen molar-refractivity contribution in [1.29, 1.82) is 0 Å². The van der Waals surface area contributed by atoms with Crippen LogP contribution >= 0.6 is 0 Å². The molecule has 2 heterocycles. The topological polar surface area (TPSA) is 58.1 Å². The maximum atomic E-state index is 5.35. The smallest absolute Gasteiger partial charge is 0.105 e. The maximum absolute atomic E-state index is 5.35. The summed E-state index contributed by atoms with van der Waals surface area (Å²) in [6.07, 6.45) is 1.09. The van der Waals surface area contributed by atoms with E-state index in [9.17, 15) is 0 Å². The van der Waals surface area contributed by atoms with Gasteiger partial charge in [-0.05, 0) is 0 Å². The molecule has 2 aliphatic heterocycles. The van der Waals surface area contributed by atoms with Gasteiger partial charge in [-0.25, -0.2) is 0 Å². The van der Waals surface area contributed by atoms with Crippen molar-refractivity contribution in [2.24, 2.45) is 11.5 Å². The number of nitrogens with two attached hydrogens (primary N) is 2. The summed E-state index contributed by atoms with van der Waals surface area (Å²) in [5.74, 6) is 0. The fourth-order valence-corrected chi connectivity index (χ4v) is 1.24.